The molecule has 66 valence electrons. The SMILES string of the molecule is COC1=CN(O)C(C(=O)O)C=C1. The number of carbonyl (C=O) groups is 1. The molecule has 0 saturated carbocycles. The van der Waals surface area contributed by atoms with Crippen LogP contribution in [0.25, 0.3) is 0 Å². The number of allylic oxidation sites excluding steroid dienone is 1. The maximum Gasteiger partial charge on any atom is 0.332 e. The largest absolute Gasteiger partial charge is 0.495 e. The van der Waals surface area contributed by atoms with E-state index in [1.807, 2.05) is 0 Å². The Labute approximate surface area is 69.1 Å². The molecule has 0 aromatic rings. The number of hydrogen-bond acceptors (Lipinski definition) is 4. The van der Waals surface area contributed by atoms with Crippen molar-refractivity contribution in [2.24, 2.45) is 0 Å². The summed E-state index contributed by atoms with van der Waals surface area (Å²) in [7, 11) is 1.44. The van der Waals surface area contributed by atoms with E-state index < -0.39 is 12.0 Å². The Morgan fingerprint density at radius 1 is 1.75 bits per heavy atom. The average molecular weight is 171 g/mol. The summed E-state index contributed by atoms with van der Waals surface area (Å²) in [4.78, 5) is 10.4. The van der Waals surface area contributed by atoms with Crippen molar-refractivity contribution in [2.45, 2.75) is 6.04 Å². The monoisotopic (exact) mass is 171 g/mol. The van der Waals surface area contributed by atoms with E-state index in [2.05, 4.69) is 0 Å². The van der Waals surface area contributed by atoms with E-state index in [-0.39, 0.29) is 0 Å². The van der Waals surface area contributed by atoms with Crippen LogP contribution in [0.4, 0.5) is 0 Å². The van der Waals surface area contributed by atoms with Crippen LogP contribution < -0.4 is 0 Å². The molecule has 12 heavy (non-hydrogen) atoms. The van der Waals surface area contributed by atoms with Gasteiger partial charge in [-0.15, -0.1) is 0 Å². The number of rotatable bonds is 2. The molecule has 1 rings (SSSR count). The minimum atomic E-state index is -1.11. The van der Waals surface area contributed by atoms with Gasteiger partial charge >= 0.3 is 5.97 Å². The summed E-state index contributed by atoms with van der Waals surface area (Å²) in [5.41, 5.74) is 0. The topological polar surface area (TPSA) is 70.0 Å². The minimum Gasteiger partial charge on any atom is -0.495 e. The van der Waals surface area contributed by atoms with Gasteiger partial charge in [-0.25, -0.2) is 9.86 Å². The quantitative estimate of drug-likeness (QED) is 0.620. The lowest BCUT2D eigenvalue weighted by atomic mass is 10.2. The van der Waals surface area contributed by atoms with Crippen molar-refractivity contribution >= 4 is 5.97 Å². The van der Waals surface area contributed by atoms with Crippen molar-refractivity contribution < 1.29 is 19.8 Å². The molecule has 0 saturated heterocycles. The molecule has 1 aliphatic heterocycles. The molecule has 1 atom stereocenters. The summed E-state index contributed by atoms with van der Waals surface area (Å²) in [5, 5.41) is 18.2. The second-order valence-electron chi connectivity index (χ2n) is 2.26. The van der Waals surface area contributed by atoms with Crippen molar-refractivity contribution in [2.75, 3.05) is 7.11 Å². The third-order valence-electron chi connectivity index (χ3n) is 1.48. The highest BCUT2D eigenvalue weighted by Gasteiger charge is 2.22. The Bertz CT molecular complexity index is 246. The van der Waals surface area contributed by atoms with E-state index >= 15 is 0 Å². The summed E-state index contributed by atoms with van der Waals surface area (Å²) in [5.74, 6) is -0.699. The van der Waals surface area contributed by atoms with Gasteiger partial charge in [0.25, 0.3) is 0 Å². The van der Waals surface area contributed by atoms with Gasteiger partial charge in [-0.3, -0.25) is 5.21 Å². The van der Waals surface area contributed by atoms with Crippen LogP contribution in [0.15, 0.2) is 24.1 Å². The Morgan fingerprint density at radius 2 is 2.42 bits per heavy atom. The third-order valence-corrected chi connectivity index (χ3v) is 1.48. The number of nitrogens with zero attached hydrogens (tertiary/aromatic N) is 1. The first kappa shape index (κ1) is 8.61. The summed E-state index contributed by atoms with van der Waals surface area (Å²) in [6, 6.07) is -1.02. The lowest BCUT2D eigenvalue weighted by Crippen LogP contribution is -2.35. The van der Waals surface area contributed by atoms with Crippen molar-refractivity contribution in [1.82, 2.24) is 5.06 Å². The Kier molecular flexibility index (Phi) is 2.35. The van der Waals surface area contributed by atoms with Crippen LogP contribution in [-0.2, 0) is 9.53 Å². The first-order valence-electron chi connectivity index (χ1n) is 3.29. The molecule has 5 heteroatoms. The van der Waals surface area contributed by atoms with Crippen LogP contribution in [0.2, 0.25) is 0 Å². The Balaban J connectivity index is 2.74. The highest BCUT2D eigenvalue weighted by Crippen LogP contribution is 2.11. The smallest absolute Gasteiger partial charge is 0.332 e. The third kappa shape index (κ3) is 1.57. The van der Waals surface area contributed by atoms with Gasteiger partial charge in [-0.05, 0) is 12.2 Å². The van der Waals surface area contributed by atoms with Crippen LogP contribution >= 0.6 is 0 Å². The van der Waals surface area contributed by atoms with E-state index in [4.69, 9.17) is 15.1 Å². The van der Waals surface area contributed by atoms with Crippen molar-refractivity contribution in [3.8, 4) is 0 Å². The van der Waals surface area contributed by atoms with Crippen LogP contribution in [0.1, 0.15) is 0 Å². The van der Waals surface area contributed by atoms with Crippen molar-refractivity contribution in [3.05, 3.63) is 24.1 Å². The normalized spacial score (nSPS) is 22.0. The molecular formula is C7H9NO4. The molecule has 1 unspecified atom stereocenters. The number of ether oxygens (including phenoxy) is 1. The number of methoxy groups -OCH3 is 1. The molecule has 0 radical (unpaired) electrons. The lowest BCUT2D eigenvalue weighted by Gasteiger charge is -2.21. The number of aliphatic carboxylic acids is 1. The molecule has 0 aliphatic carbocycles. The second kappa shape index (κ2) is 3.27. The number of carboxylic acid groups (broad SMARTS) is 1. The van der Waals surface area contributed by atoms with E-state index in [0.29, 0.717) is 10.8 Å². The molecule has 0 fully saturated rings. The maximum atomic E-state index is 10.4. The van der Waals surface area contributed by atoms with Gasteiger partial charge in [-0.2, -0.15) is 0 Å². The van der Waals surface area contributed by atoms with Gasteiger partial charge in [0.15, 0.2) is 6.04 Å². The fraction of sp³-hybridized carbons (Fsp3) is 0.286. The maximum absolute atomic E-state index is 10.4. The molecule has 1 heterocycles. The highest BCUT2D eigenvalue weighted by atomic mass is 16.5. The van der Waals surface area contributed by atoms with Crippen LogP contribution in [0.3, 0.4) is 0 Å². The molecule has 0 amide bonds. The van der Waals surface area contributed by atoms with E-state index in [9.17, 15) is 4.79 Å². The zero-order chi connectivity index (χ0) is 9.14. The van der Waals surface area contributed by atoms with Crippen molar-refractivity contribution in [1.29, 1.82) is 0 Å². The lowest BCUT2D eigenvalue weighted by molar-refractivity contribution is -0.153. The van der Waals surface area contributed by atoms with Gasteiger partial charge in [0, 0.05) is 0 Å². The average Bonchev–Trinajstić information content (AvgIpc) is 2.03. The van der Waals surface area contributed by atoms with Gasteiger partial charge in [0.1, 0.15) is 5.76 Å². The standard InChI is InChI=1S/C7H9NO4/c1-12-5-2-3-6(7(9)10)8(11)4-5/h2-4,6,11H,1H3,(H,9,10). The van der Waals surface area contributed by atoms with Gasteiger partial charge in [-0.1, -0.05) is 0 Å². The molecule has 5 nitrogen and oxygen atoms in total. The summed E-state index contributed by atoms with van der Waals surface area (Å²) < 4.78 is 4.77. The first-order valence-corrected chi connectivity index (χ1v) is 3.29. The molecule has 0 aromatic carbocycles. The van der Waals surface area contributed by atoms with E-state index in [1.165, 1.54) is 25.5 Å². The number of hydroxylamine groups is 2. The number of carboxylic acids is 1. The fourth-order valence-electron chi connectivity index (χ4n) is 0.844. The summed E-state index contributed by atoms with van der Waals surface area (Å²) in [6.07, 6.45) is 4.03. The van der Waals surface area contributed by atoms with Crippen molar-refractivity contribution in [3.63, 3.8) is 0 Å². The predicted molar refractivity (Wildman–Crippen MR) is 39.3 cm³/mol. The zero-order valence-corrected chi connectivity index (χ0v) is 6.47. The van der Waals surface area contributed by atoms with Crippen LogP contribution in [-0.4, -0.2) is 34.5 Å². The Hall–Kier alpha value is -1.49. The van der Waals surface area contributed by atoms with E-state index in [1.54, 1.807) is 0 Å². The van der Waals surface area contributed by atoms with E-state index in [0.717, 1.165) is 0 Å². The van der Waals surface area contributed by atoms with Crippen LogP contribution in [0.5, 0.6) is 0 Å². The molecule has 0 spiro atoms. The second-order valence-corrected chi connectivity index (χ2v) is 2.26. The zero-order valence-electron chi connectivity index (χ0n) is 6.47. The van der Waals surface area contributed by atoms with Crippen LogP contribution in [0, 0.1) is 0 Å². The molecule has 0 bridgehead atoms. The van der Waals surface area contributed by atoms with Gasteiger partial charge in [0.2, 0.25) is 0 Å². The molecular weight excluding hydrogens is 162 g/mol. The Morgan fingerprint density at radius 3 is 2.83 bits per heavy atom. The molecule has 0 aromatic heterocycles. The highest BCUT2D eigenvalue weighted by molar-refractivity contribution is 5.76. The fourth-order valence-corrected chi connectivity index (χ4v) is 0.844. The first-order chi connectivity index (χ1) is 5.65. The molecule has 1 aliphatic rings. The minimum absolute atomic E-state index is 0.412. The predicted octanol–water partition coefficient (Wildman–Crippen LogP) is 0.188. The molecule has 2 N–H and O–H groups in total. The number of hydrogen-bond donors (Lipinski definition) is 2. The summed E-state index contributed by atoms with van der Waals surface area (Å²) in [6.45, 7) is 0. The van der Waals surface area contributed by atoms with Gasteiger partial charge < -0.3 is 9.84 Å². The van der Waals surface area contributed by atoms with Gasteiger partial charge in [0.05, 0.1) is 13.3 Å². The summed E-state index contributed by atoms with van der Waals surface area (Å²) >= 11 is 0.